The lowest BCUT2D eigenvalue weighted by atomic mass is 9.92. The van der Waals surface area contributed by atoms with Crippen molar-refractivity contribution >= 4 is 39.5 Å². The van der Waals surface area contributed by atoms with Gasteiger partial charge in [-0.25, -0.2) is 4.98 Å². The Hall–Kier alpha value is -4.06. The molecule has 0 saturated carbocycles. The van der Waals surface area contributed by atoms with Crippen LogP contribution in [0.25, 0.3) is 10.9 Å². The van der Waals surface area contributed by atoms with E-state index in [2.05, 4.69) is 61.9 Å². The van der Waals surface area contributed by atoms with Crippen molar-refractivity contribution in [3.8, 4) is 17.2 Å². The molecule has 41 heavy (non-hydrogen) atoms. The zero-order valence-corrected chi connectivity index (χ0v) is 25.1. The first-order valence-corrected chi connectivity index (χ1v) is 14.6. The minimum absolute atomic E-state index is 0.102. The summed E-state index contributed by atoms with van der Waals surface area (Å²) < 4.78 is 20.9. The van der Waals surface area contributed by atoms with Crippen molar-refractivity contribution in [3.05, 3.63) is 99.3 Å². The van der Waals surface area contributed by atoms with Gasteiger partial charge in [0, 0.05) is 39.7 Å². The average molecular weight is 663 g/mol. The molecule has 5 aromatic rings. The van der Waals surface area contributed by atoms with Crippen LogP contribution in [0.4, 0.5) is 0 Å². The van der Waals surface area contributed by atoms with Gasteiger partial charge < -0.3 is 24.1 Å². The number of halogens is 1. The van der Waals surface area contributed by atoms with E-state index in [-0.39, 0.29) is 12.1 Å². The van der Waals surface area contributed by atoms with Crippen molar-refractivity contribution in [1.82, 2.24) is 24.6 Å². The highest BCUT2D eigenvalue weighted by atomic mass is 127. The molecule has 0 bridgehead atoms. The van der Waals surface area contributed by atoms with Gasteiger partial charge in [0.1, 0.15) is 18.4 Å². The van der Waals surface area contributed by atoms with Crippen LogP contribution in [0.15, 0.2) is 73.3 Å². The molecule has 1 aliphatic rings. The van der Waals surface area contributed by atoms with Crippen LogP contribution < -0.4 is 14.2 Å². The van der Waals surface area contributed by atoms with Crippen molar-refractivity contribution in [1.29, 1.82) is 5.41 Å². The number of aromatic nitrogens is 4. The van der Waals surface area contributed by atoms with Gasteiger partial charge in [0.25, 0.3) is 6.02 Å². The number of rotatable bonds is 8. The number of benzene rings is 3. The van der Waals surface area contributed by atoms with Gasteiger partial charge in [-0.3, -0.25) is 10.1 Å². The number of amidine groups is 1. The molecule has 0 spiro atoms. The number of aromatic amines is 1. The van der Waals surface area contributed by atoms with Crippen LogP contribution in [-0.2, 0) is 13.0 Å². The largest absolute Gasteiger partial charge is 0.493 e. The van der Waals surface area contributed by atoms with Crippen molar-refractivity contribution in [2.24, 2.45) is 0 Å². The zero-order valence-electron chi connectivity index (χ0n) is 22.9. The third kappa shape index (κ3) is 5.74. The van der Waals surface area contributed by atoms with Gasteiger partial charge >= 0.3 is 0 Å². The molecule has 210 valence electrons. The molecule has 1 aliphatic heterocycles. The summed E-state index contributed by atoms with van der Waals surface area (Å²) in [7, 11) is 1.65. The molecule has 0 saturated heterocycles. The Labute approximate surface area is 252 Å². The lowest BCUT2D eigenvalue weighted by Gasteiger charge is -2.37. The second kappa shape index (κ2) is 11.8. The lowest BCUT2D eigenvalue weighted by Crippen LogP contribution is -2.42. The standard InChI is InChI=1S/C31H31IN6O3/c1-20-4-8-23(9-5-20)41-31(33)38-14-12-24-25-17-22(32)7-10-26(25)36-29(24)30(38)21-6-11-27(28(16-21)39-2)40-15-3-13-37-19-34-18-35-37/h4-11,16-19,30,33,36H,3,12-15H2,1-2H3. The van der Waals surface area contributed by atoms with E-state index in [0.29, 0.717) is 30.4 Å². The molecule has 6 rings (SSSR count). The third-order valence-electron chi connectivity index (χ3n) is 7.34. The number of hydrogen-bond acceptors (Lipinski definition) is 6. The smallest absolute Gasteiger partial charge is 0.290 e. The van der Waals surface area contributed by atoms with Crippen LogP contribution in [0.5, 0.6) is 17.2 Å². The Bertz CT molecular complexity index is 1670. The summed E-state index contributed by atoms with van der Waals surface area (Å²) in [6, 6.07) is 20.1. The fourth-order valence-corrected chi connectivity index (χ4v) is 5.82. The molecule has 0 amide bonds. The minimum Gasteiger partial charge on any atom is -0.493 e. The fraction of sp³-hybridized carbons (Fsp3) is 0.258. The predicted molar refractivity (Wildman–Crippen MR) is 166 cm³/mol. The molecule has 10 heteroatoms. The first-order valence-electron chi connectivity index (χ1n) is 13.5. The van der Waals surface area contributed by atoms with Crippen molar-refractivity contribution in [2.75, 3.05) is 20.3 Å². The number of methoxy groups -OCH3 is 1. The Morgan fingerprint density at radius 3 is 2.73 bits per heavy atom. The molecule has 1 atom stereocenters. The Morgan fingerprint density at radius 2 is 1.95 bits per heavy atom. The van der Waals surface area contributed by atoms with E-state index >= 15 is 0 Å². The molecule has 0 fully saturated rings. The van der Waals surface area contributed by atoms with E-state index in [9.17, 15) is 0 Å². The van der Waals surface area contributed by atoms with Crippen LogP contribution in [0.1, 0.15) is 34.8 Å². The topological polar surface area (TPSA) is 101 Å². The molecular weight excluding hydrogens is 631 g/mol. The summed E-state index contributed by atoms with van der Waals surface area (Å²) in [6.07, 6.45) is 4.82. The molecule has 1 unspecified atom stereocenters. The quantitative estimate of drug-likeness (QED) is 0.0901. The zero-order chi connectivity index (χ0) is 28.3. The summed E-state index contributed by atoms with van der Waals surface area (Å²) in [5.74, 6) is 1.96. The van der Waals surface area contributed by atoms with Gasteiger partial charge in [0.2, 0.25) is 0 Å². The number of hydrogen-bond donors (Lipinski definition) is 2. The van der Waals surface area contributed by atoms with Crippen LogP contribution in [-0.4, -0.2) is 50.9 Å². The highest BCUT2D eigenvalue weighted by Crippen LogP contribution is 2.41. The SMILES string of the molecule is COc1cc(C2c3[nH]c4ccc(I)cc4c3CCN2C(=N)Oc2ccc(C)cc2)ccc1OCCCn1cncn1. The number of fused-ring (bicyclic) bond motifs is 3. The van der Waals surface area contributed by atoms with Crippen LogP contribution in [0.3, 0.4) is 0 Å². The van der Waals surface area contributed by atoms with E-state index in [1.807, 2.05) is 48.2 Å². The van der Waals surface area contributed by atoms with E-state index in [1.165, 1.54) is 20.8 Å². The van der Waals surface area contributed by atoms with Crippen LogP contribution in [0.2, 0.25) is 0 Å². The molecule has 9 nitrogen and oxygen atoms in total. The van der Waals surface area contributed by atoms with Gasteiger partial charge in [-0.2, -0.15) is 5.10 Å². The maximum Gasteiger partial charge on any atom is 0.290 e. The number of ether oxygens (including phenoxy) is 3. The monoisotopic (exact) mass is 662 g/mol. The Kier molecular flexibility index (Phi) is 7.82. The maximum atomic E-state index is 9.00. The molecule has 2 aromatic heterocycles. The maximum absolute atomic E-state index is 9.00. The molecule has 3 aromatic carbocycles. The second-order valence-corrected chi connectivity index (χ2v) is 11.3. The van der Waals surface area contributed by atoms with Crippen LogP contribution in [0, 0.1) is 15.9 Å². The molecule has 0 aliphatic carbocycles. The molecule has 3 heterocycles. The number of aryl methyl sites for hydroxylation is 2. The van der Waals surface area contributed by atoms with E-state index in [0.717, 1.165) is 41.7 Å². The first-order chi connectivity index (χ1) is 20.0. The number of H-pyrrole nitrogens is 1. The van der Waals surface area contributed by atoms with Crippen molar-refractivity contribution < 1.29 is 14.2 Å². The minimum atomic E-state index is -0.267. The predicted octanol–water partition coefficient (Wildman–Crippen LogP) is 6.11. The number of nitrogens with one attached hydrogen (secondary N) is 2. The first kappa shape index (κ1) is 27.1. The molecular formula is C31H31IN6O3. The summed E-state index contributed by atoms with van der Waals surface area (Å²) in [5, 5.41) is 14.4. The fourth-order valence-electron chi connectivity index (χ4n) is 5.33. The summed E-state index contributed by atoms with van der Waals surface area (Å²) in [4.78, 5) is 9.66. The van der Waals surface area contributed by atoms with E-state index < -0.39 is 0 Å². The normalized spacial score (nSPS) is 14.6. The number of nitrogens with zero attached hydrogens (tertiary/aromatic N) is 4. The second-order valence-electron chi connectivity index (χ2n) is 10.0. The summed E-state index contributed by atoms with van der Waals surface area (Å²) in [5.41, 5.74) is 5.55. The molecule has 2 N–H and O–H groups in total. The van der Waals surface area contributed by atoms with Crippen molar-refractivity contribution in [2.45, 2.75) is 32.4 Å². The summed E-state index contributed by atoms with van der Waals surface area (Å²) in [6.45, 7) is 3.92. The Morgan fingerprint density at radius 1 is 1.10 bits per heavy atom. The third-order valence-corrected chi connectivity index (χ3v) is 8.02. The summed E-state index contributed by atoms with van der Waals surface area (Å²) >= 11 is 2.36. The average Bonchev–Trinajstić information content (AvgIpc) is 3.64. The van der Waals surface area contributed by atoms with Gasteiger partial charge in [0.15, 0.2) is 11.5 Å². The van der Waals surface area contributed by atoms with Gasteiger partial charge in [-0.05, 0) is 89.5 Å². The van der Waals surface area contributed by atoms with Gasteiger partial charge in [0.05, 0.1) is 19.8 Å². The molecule has 0 radical (unpaired) electrons. The van der Waals surface area contributed by atoms with Gasteiger partial charge in [-0.1, -0.05) is 23.8 Å². The van der Waals surface area contributed by atoms with Crippen LogP contribution >= 0.6 is 22.6 Å². The highest BCUT2D eigenvalue weighted by Gasteiger charge is 2.35. The van der Waals surface area contributed by atoms with E-state index in [4.69, 9.17) is 19.6 Å². The van der Waals surface area contributed by atoms with Gasteiger partial charge in [-0.15, -0.1) is 0 Å². The lowest BCUT2D eigenvalue weighted by molar-refractivity contribution is 0.270. The highest BCUT2D eigenvalue weighted by molar-refractivity contribution is 14.1. The van der Waals surface area contributed by atoms with E-state index in [1.54, 1.807) is 18.1 Å². The van der Waals surface area contributed by atoms with Crippen molar-refractivity contribution in [3.63, 3.8) is 0 Å². The Balaban J connectivity index is 1.31.